The first-order valence-corrected chi connectivity index (χ1v) is 9.11. The van der Waals surface area contributed by atoms with Crippen molar-refractivity contribution in [3.8, 4) is 5.69 Å². The van der Waals surface area contributed by atoms with Crippen LogP contribution in [0.1, 0.15) is 36.0 Å². The first kappa shape index (κ1) is 16.7. The fraction of sp³-hybridized carbons (Fsp3) is 0.350. The number of nitrogens with one attached hydrogen (secondary N) is 1. The maximum absolute atomic E-state index is 13.1. The Labute approximate surface area is 152 Å². The summed E-state index contributed by atoms with van der Waals surface area (Å²) in [4.78, 5) is 17.6. The summed E-state index contributed by atoms with van der Waals surface area (Å²) >= 11 is 0. The van der Waals surface area contributed by atoms with E-state index in [0.717, 1.165) is 48.8 Å². The van der Waals surface area contributed by atoms with Crippen LogP contribution < -0.4 is 11.0 Å². The van der Waals surface area contributed by atoms with Gasteiger partial charge in [0.25, 0.3) is 0 Å². The number of aromatic nitrogens is 4. The maximum Gasteiger partial charge on any atom is 0.350 e. The Balaban J connectivity index is 1.78. The highest BCUT2D eigenvalue weighted by Gasteiger charge is 2.24. The molecular weight excluding hydrogens is 326 g/mol. The molecule has 0 spiro atoms. The Bertz CT molecular complexity index is 938. The minimum atomic E-state index is -0.111. The van der Waals surface area contributed by atoms with Crippen molar-refractivity contribution >= 4 is 0 Å². The second-order valence-corrected chi connectivity index (χ2v) is 6.78. The molecule has 1 aliphatic heterocycles. The SMILES string of the molecule is Cc1cccc(Cn2nc([C@H]3CCCNC3)n(-c3ccccc3)c2=O)n1. The van der Waals surface area contributed by atoms with Crippen molar-refractivity contribution in [1.29, 1.82) is 0 Å². The van der Waals surface area contributed by atoms with Gasteiger partial charge in [-0.25, -0.2) is 14.0 Å². The van der Waals surface area contributed by atoms with E-state index in [1.54, 1.807) is 9.25 Å². The summed E-state index contributed by atoms with van der Waals surface area (Å²) in [5.41, 5.74) is 2.54. The van der Waals surface area contributed by atoms with Gasteiger partial charge in [-0.1, -0.05) is 24.3 Å². The lowest BCUT2D eigenvalue weighted by Crippen LogP contribution is -2.31. The Hall–Kier alpha value is -2.73. The minimum Gasteiger partial charge on any atom is -0.316 e. The van der Waals surface area contributed by atoms with Gasteiger partial charge in [0.2, 0.25) is 0 Å². The largest absolute Gasteiger partial charge is 0.350 e. The molecule has 0 aliphatic carbocycles. The molecule has 1 aromatic carbocycles. The summed E-state index contributed by atoms with van der Waals surface area (Å²) in [7, 11) is 0. The Kier molecular flexibility index (Phi) is 4.67. The molecule has 1 atom stereocenters. The summed E-state index contributed by atoms with van der Waals surface area (Å²) in [6, 6.07) is 15.6. The number of para-hydroxylation sites is 1. The predicted molar refractivity (Wildman–Crippen MR) is 101 cm³/mol. The Morgan fingerprint density at radius 1 is 1.15 bits per heavy atom. The van der Waals surface area contributed by atoms with Crippen LogP contribution in [0, 0.1) is 6.92 Å². The molecule has 0 amide bonds. The standard InChI is InChI=1S/C20H23N5O/c1-15-7-5-9-17(22-15)14-24-20(26)25(18-10-3-2-4-11-18)19(23-24)16-8-6-12-21-13-16/h2-5,7,9-11,16,21H,6,8,12-14H2,1H3/t16-/m0/s1. The monoisotopic (exact) mass is 349 g/mol. The van der Waals surface area contributed by atoms with Crippen molar-refractivity contribution < 1.29 is 0 Å². The second-order valence-electron chi connectivity index (χ2n) is 6.78. The van der Waals surface area contributed by atoms with Crippen LogP contribution in [0.3, 0.4) is 0 Å². The van der Waals surface area contributed by atoms with E-state index in [1.807, 2.05) is 55.5 Å². The fourth-order valence-corrected chi connectivity index (χ4v) is 3.52. The van der Waals surface area contributed by atoms with Crippen LogP contribution in [0.25, 0.3) is 5.69 Å². The van der Waals surface area contributed by atoms with Gasteiger partial charge in [-0.15, -0.1) is 0 Å². The summed E-state index contributed by atoms with van der Waals surface area (Å²) < 4.78 is 3.30. The van der Waals surface area contributed by atoms with Crippen LogP contribution in [0.4, 0.5) is 0 Å². The van der Waals surface area contributed by atoms with Crippen molar-refractivity contribution in [2.75, 3.05) is 13.1 Å². The fourth-order valence-electron chi connectivity index (χ4n) is 3.52. The summed E-state index contributed by atoms with van der Waals surface area (Å²) in [6.45, 7) is 4.22. The zero-order chi connectivity index (χ0) is 17.9. The first-order valence-electron chi connectivity index (χ1n) is 9.11. The van der Waals surface area contributed by atoms with Crippen molar-refractivity contribution in [2.45, 2.75) is 32.2 Å². The van der Waals surface area contributed by atoms with Crippen LogP contribution in [0.2, 0.25) is 0 Å². The molecule has 1 fully saturated rings. The zero-order valence-corrected chi connectivity index (χ0v) is 14.9. The van der Waals surface area contributed by atoms with Crippen LogP contribution in [-0.2, 0) is 6.54 Å². The van der Waals surface area contributed by atoms with Gasteiger partial charge in [0.05, 0.1) is 17.9 Å². The molecule has 1 aliphatic rings. The molecule has 6 heteroatoms. The number of hydrogen-bond donors (Lipinski definition) is 1. The molecule has 0 bridgehead atoms. The lowest BCUT2D eigenvalue weighted by Gasteiger charge is -2.22. The normalized spacial score (nSPS) is 17.3. The van der Waals surface area contributed by atoms with Gasteiger partial charge in [0.15, 0.2) is 0 Å². The zero-order valence-electron chi connectivity index (χ0n) is 14.9. The average molecular weight is 349 g/mol. The van der Waals surface area contributed by atoms with Gasteiger partial charge in [0, 0.05) is 18.2 Å². The third-order valence-corrected chi connectivity index (χ3v) is 4.80. The van der Waals surface area contributed by atoms with E-state index in [4.69, 9.17) is 5.10 Å². The molecule has 6 nitrogen and oxygen atoms in total. The van der Waals surface area contributed by atoms with E-state index in [-0.39, 0.29) is 11.6 Å². The topological polar surface area (TPSA) is 64.7 Å². The summed E-state index contributed by atoms with van der Waals surface area (Å²) in [5, 5.41) is 8.14. The van der Waals surface area contributed by atoms with Gasteiger partial charge >= 0.3 is 5.69 Å². The number of pyridine rings is 1. The number of nitrogens with zero attached hydrogens (tertiary/aromatic N) is 4. The smallest absolute Gasteiger partial charge is 0.316 e. The third-order valence-electron chi connectivity index (χ3n) is 4.80. The molecule has 3 heterocycles. The first-order chi connectivity index (χ1) is 12.7. The van der Waals surface area contributed by atoms with Crippen molar-refractivity contribution in [3.63, 3.8) is 0 Å². The number of piperidine rings is 1. The lowest BCUT2D eigenvalue weighted by atomic mass is 9.99. The molecule has 26 heavy (non-hydrogen) atoms. The minimum absolute atomic E-state index is 0.111. The van der Waals surface area contributed by atoms with Gasteiger partial charge in [-0.2, -0.15) is 5.10 Å². The average Bonchev–Trinajstić information content (AvgIpc) is 2.99. The second kappa shape index (κ2) is 7.25. The van der Waals surface area contributed by atoms with E-state index < -0.39 is 0 Å². The lowest BCUT2D eigenvalue weighted by molar-refractivity contribution is 0.439. The van der Waals surface area contributed by atoms with Crippen LogP contribution in [-0.4, -0.2) is 32.4 Å². The number of hydrogen-bond acceptors (Lipinski definition) is 4. The van der Waals surface area contributed by atoms with Crippen LogP contribution >= 0.6 is 0 Å². The van der Waals surface area contributed by atoms with Crippen molar-refractivity contribution in [3.05, 3.63) is 76.2 Å². The molecule has 4 rings (SSSR count). The number of rotatable bonds is 4. The highest BCUT2D eigenvalue weighted by atomic mass is 16.2. The molecule has 1 N–H and O–H groups in total. The van der Waals surface area contributed by atoms with E-state index in [1.165, 1.54) is 0 Å². The van der Waals surface area contributed by atoms with Crippen molar-refractivity contribution in [2.24, 2.45) is 0 Å². The summed E-state index contributed by atoms with van der Waals surface area (Å²) in [6.07, 6.45) is 2.14. The van der Waals surface area contributed by atoms with Gasteiger partial charge in [-0.05, 0) is 50.6 Å². The van der Waals surface area contributed by atoms with Gasteiger partial charge < -0.3 is 5.32 Å². The number of benzene rings is 1. The van der Waals surface area contributed by atoms with Crippen LogP contribution in [0.5, 0.6) is 0 Å². The van der Waals surface area contributed by atoms with E-state index in [9.17, 15) is 4.79 Å². The Morgan fingerprint density at radius 2 is 2.00 bits per heavy atom. The Morgan fingerprint density at radius 3 is 2.73 bits per heavy atom. The maximum atomic E-state index is 13.1. The number of aryl methyl sites for hydroxylation is 1. The van der Waals surface area contributed by atoms with Crippen molar-refractivity contribution in [1.82, 2.24) is 24.6 Å². The molecule has 0 unspecified atom stereocenters. The summed E-state index contributed by atoms with van der Waals surface area (Å²) in [5.74, 6) is 1.07. The van der Waals surface area contributed by atoms with E-state index in [2.05, 4.69) is 10.3 Å². The highest BCUT2D eigenvalue weighted by Crippen LogP contribution is 2.23. The molecular formula is C20H23N5O. The quantitative estimate of drug-likeness (QED) is 0.785. The van der Waals surface area contributed by atoms with Crippen LogP contribution in [0.15, 0.2) is 53.3 Å². The molecule has 0 radical (unpaired) electrons. The third kappa shape index (κ3) is 3.32. The van der Waals surface area contributed by atoms with Gasteiger partial charge in [-0.3, -0.25) is 4.98 Å². The van der Waals surface area contributed by atoms with E-state index >= 15 is 0 Å². The highest BCUT2D eigenvalue weighted by molar-refractivity contribution is 5.33. The molecule has 3 aromatic rings. The molecule has 2 aromatic heterocycles. The van der Waals surface area contributed by atoms with E-state index in [0.29, 0.717) is 6.54 Å². The van der Waals surface area contributed by atoms with Gasteiger partial charge in [0.1, 0.15) is 5.82 Å². The molecule has 1 saturated heterocycles. The molecule has 0 saturated carbocycles. The molecule has 134 valence electrons. The predicted octanol–water partition coefficient (Wildman–Crippen LogP) is 2.25.